The number of hydrogen-bond donors (Lipinski definition) is 1. The van der Waals surface area contributed by atoms with Crippen molar-refractivity contribution in [3.63, 3.8) is 0 Å². The van der Waals surface area contributed by atoms with E-state index < -0.39 is 18.3 Å². The van der Waals surface area contributed by atoms with Crippen LogP contribution < -0.4 is 5.46 Å². The van der Waals surface area contributed by atoms with Crippen molar-refractivity contribution in [1.29, 1.82) is 0 Å². The standard InChI is InChI=1S/C21H30BClN2O4.C7H18S/c1-20(2)21(3,4)29-22(28-20)19-14(8-7-10-26)16(23)12-17-15(19)13-24-25(17)18-9-5-6-11-27-18;1-7(2,3)8(4,5)6/h12-13,18,26H,5-11H2,1-4H3;1-6H3. The first-order chi connectivity index (χ1) is 17.0. The molecule has 0 bridgehead atoms. The van der Waals surface area contributed by atoms with Crippen LogP contribution in [0.5, 0.6) is 0 Å². The van der Waals surface area contributed by atoms with E-state index in [2.05, 4.69) is 44.6 Å². The molecule has 2 fully saturated rings. The SMILES string of the molecule is CC(C)(C)S(C)(C)C.CC1(C)OB(c2c(CCCO)c(Cl)cc3c2cnn3C2CCCCO2)OC1(C)C. The second-order valence-electron chi connectivity index (χ2n) is 13.0. The molecular formula is C28H48BClN2O4S. The third-order valence-electron chi connectivity index (χ3n) is 8.34. The minimum atomic E-state index is -0.542. The minimum absolute atomic E-state index is 0.0771. The van der Waals surface area contributed by atoms with Gasteiger partial charge < -0.3 is 19.2 Å². The van der Waals surface area contributed by atoms with E-state index >= 15 is 0 Å². The van der Waals surface area contributed by atoms with Gasteiger partial charge in [-0.2, -0.15) is 5.10 Å². The Morgan fingerprint density at radius 1 is 1.14 bits per heavy atom. The van der Waals surface area contributed by atoms with Gasteiger partial charge >= 0.3 is 7.12 Å². The lowest BCUT2D eigenvalue weighted by Crippen LogP contribution is -2.41. The molecule has 4 rings (SSSR count). The van der Waals surface area contributed by atoms with Crippen molar-refractivity contribution in [2.75, 3.05) is 32.0 Å². The normalized spacial score (nSPS) is 22.2. The number of fused-ring (bicyclic) bond motifs is 1. The minimum Gasteiger partial charge on any atom is -0.399 e. The first kappa shape index (κ1) is 30.8. The van der Waals surface area contributed by atoms with Crippen LogP contribution in [0.4, 0.5) is 0 Å². The van der Waals surface area contributed by atoms with Crippen LogP contribution in [0.2, 0.25) is 5.02 Å². The number of hydrogen-bond acceptors (Lipinski definition) is 5. The van der Waals surface area contributed by atoms with Gasteiger partial charge in [0.05, 0.1) is 22.9 Å². The summed E-state index contributed by atoms with van der Waals surface area (Å²) in [6, 6.07) is 1.96. The van der Waals surface area contributed by atoms with Crippen LogP contribution in [0.3, 0.4) is 0 Å². The molecule has 1 atom stereocenters. The second-order valence-corrected chi connectivity index (χ2v) is 18.3. The van der Waals surface area contributed by atoms with Crippen LogP contribution in [0.25, 0.3) is 10.9 Å². The van der Waals surface area contributed by atoms with Gasteiger partial charge in [0.1, 0.15) is 0 Å². The lowest BCUT2D eigenvalue weighted by Gasteiger charge is -2.40. The van der Waals surface area contributed by atoms with Gasteiger partial charge in [-0.3, -0.25) is 0 Å². The van der Waals surface area contributed by atoms with Crippen molar-refractivity contribution in [3.8, 4) is 0 Å². The number of rotatable bonds is 5. The van der Waals surface area contributed by atoms with Gasteiger partial charge in [-0.05, 0) is 100 Å². The van der Waals surface area contributed by atoms with Crippen molar-refractivity contribution >= 4 is 45.1 Å². The summed E-state index contributed by atoms with van der Waals surface area (Å²) in [5.41, 5.74) is 1.89. The Bertz CT molecular complexity index is 1040. The van der Waals surface area contributed by atoms with E-state index in [1.54, 1.807) is 0 Å². The molecule has 6 nitrogen and oxygen atoms in total. The fourth-order valence-electron chi connectivity index (χ4n) is 4.11. The molecule has 210 valence electrons. The Labute approximate surface area is 231 Å². The number of nitrogens with zero attached hydrogens (tertiary/aromatic N) is 2. The molecular weight excluding hydrogens is 507 g/mol. The third kappa shape index (κ3) is 6.70. The first-order valence-corrected chi connectivity index (χ1v) is 16.7. The molecule has 1 N–H and O–H groups in total. The smallest absolute Gasteiger partial charge is 0.399 e. The summed E-state index contributed by atoms with van der Waals surface area (Å²) in [6.45, 7) is 15.9. The molecule has 2 aliphatic heterocycles. The van der Waals surface area contributed by atoms with E-state index in [1.165, 1.54) is 0 Å². The topological polar surface area (TPSA) is 65.7 Å². The highest BCUT2D eigenvalue weighted by atomic mass is 35.5. The Morgan fingerprint density at radius 2 is 1.73 bits per heavy atom. The van der Waals surface area contributed by atoms with E-state index in [0.717, 1.165) is 47.8 Å². The van der Waals surface area contributed by atoms with Crippen LogP contribution in [0.1, 0.15) is 85.9 Å². The lowest BCUT2D eigenvalue weighted by molar-refractivity contribution is -0.0366. The zero-order chi connectivity index (χ0) is 27.8. The predicted molar refractivity (Wildman–Crippen MR) is 160 cm³/mol. The van der Waals surface area contributed by atoms with Gasteiger partial charge in [-0.15, -0.1) is 0 Å². The highest BCUT2D eigenvalue weighted by molar-refractivity contribution is 8.33. The molecule has 0 radical (unpaired) electrons. The first-order valence-electron chi connectivity index (χ1n) is 13.4. The van der Waals surface area contributed by atoms with Gasteiger partial charge in [-0.25, -0.2) is 14.7 Å². The highest BCUT2D eigenvalue weighted by Crippen LogP contribution is 2.48. The van der Waals surface area contributed by atoms with E-state index in [0.29, 0.717) is 22.6 Å². The monoisotopic (exact) mass is 554 g/mol. The molecule has 1 unspecified atom stereocenters. The number of aliphatic hydroxyl groups is 1. The van der Waals surface area contributed by atoms with Crippen LogP contribution >= 0.6 is 21.6 Å². The summed E-state index contributed by atoms with van der Waals surface area (Å²) in [6.07, 6.45) is 13.3. The van der Waals surface area contributed by atoms with Gasteiger partial charge in [0, 0.05) is 23.6 Å². The largest absolute Gasteiger partial charge is 0.495 e. The molecule has 9 heteroatoms. The van der Waals surface area contributed by atoms with Crippen molar-refractivity contribution in [3.05, 3.63) is 22.8 Å². The molecule has 3 heterocycles. The van der Waals surface area contributed by atoms with Gasteiger partial charge in [0.2, 0.25) is 0 Å². The van der Waals surface area contributed by atoms with Gasteiger partial charge in [0.25, 0.3) is 0 Å². The number of halogens is 1. The highest BCUT2D eigenvalue weighted by Gasteiger charge is 2.53. The molecule has 0 spiro atoms. The van der Waals surface area contributed by atoms with E-state index in [4.69, 9.17) is 25.6 Å². The molecule has 2 aliphatic rings. The Balaban J connectivity index is 0.000000414. The van der Waals surface area contributed by atoms with Crippen LogP contribution in [-0.4, -0.2) is 69.9 Å². The van der Waals surface area contributed by atoms with Crippen LogP contribution in [0, 0.1) is 0 Å². The molecule has 0 amide bonds. The summed E-state index contributed by atoms with van der Waals surface area (Å²) in [5, 5.41) is 15.7. The number of benzene rings is 1. The predicted octanol–water partition coefficient (Wildman–Crippen LogP) is 6.09. The van der Waals surface area contributed by atoms with Crippen molar-refractivity contribution in [1.82, 2.24) is 9.78 Å². The average Bonchev–Trinajstić information content (AvgIpc) is 3.28. The molecule has 0 saturated carbocycles. The second kappa shape index (κ2) is 11.4. The van der Waals surface area contributed by atoms with Crippen molar-refractivity contribution in [2.45, 2.75) is 103 Å². The maximum atomic E-state index is 9.39. The van der Waals surface area contributed by atoms with Gasteiger partial charge in [0.15, 0.2) is 6.23 Å². The summed E-state index contributed by atoms with van der Waals surface area (Å²) in [4.78, 5) is 0. The number of aliphatic hydroxyl groups excluding tert-OH is 1. The van der Waals surface area contributed by atoms with E-state index in [-0.39, 0.29) is 22.9 Å². The van der Waals surface area contributed by atoms with E-state index in [9.17, 15) is 5.11 Å². The maximum absolute atomic E-state index is 9.39. The fraction of sp³-hybridized carbons (Fsp3) is 0.750. The molecule has 37 heavy (non-hydrogen) atoms. The summed E-state index contributed by atoms with van der Waals surface area (Å²) in [5.74, 6) is 0. The van der Waals surface area contributed by atoms with Crippen LogP contribution in [0.15, 0.2) is 12.3 Å². The number of ether oxygens (including phenoxy) is 1. The van der Waals surface area contributed by atoms with Gasteiger partial charge in [-0.1, -0.05) is 32.4 Å². The Kier molecular flexibility index (Phi) is 9.47. The summed E-state index contributed by atoms with van der Waals surface area (Å²) < 4.78 is 21.2. The molecule has 1 aromatic heterocycles. The third-order valence-corrected chi connectivity index (χ3v) is 12.4. The number of aromatic nitrogens is 2. The van der Waals surface area contributed by atoms with E-state index in [1.807, 2.05) is 44.6 Å². The van der Waals surface area contributed by atoms with Crippen molar-refractivity contribution < 1.29 is 19.2 Å². The summed E-state index contributed by atoms with van der Waals surface area (Å²) in [7, 11) is -0.882. The molecule has 2 aromatic rings. The zero-order valence-corrected chi connectivity index (χ0v) is 26.2. The Morgan fingerprint density at radius 3 is 2.22 bits per heavy atom. The quantitative estimate of drug-likeness (QED) is 0.453. The summed E-state index contributed by atoms with van der Waals surface area (Å²) >= 11 is 6.76. The maximum Gasteiger partial charge on any atom is 0.495 e. The zero-order valence-electron chi connectivity index (χ0n) is 24.6. The molecule has 1 aromatic carbocycles. The van der Waals surface area contributed by atoms with Crippen LogP contribution in [-0.2, 0) is 20.5 Å². The Hall–Kier alpha value is -0.765. The lowest BCUT2D eigenvalue weighted by atomic mass is 9.73. The fourth-order valence-corrected chi connectivity index (χ4v) is 4.41. The average molecular weight is 555 g/mol. The molecule has 2 saturated heterocycles. The van der Waals surface area contributed by atoms with Crippen molar-refractivity contribution in [2.24, 2.45) is 0 Å². The molecule has 0 aliphatic carbocycles.